The maximum Gasteiger partial charge on any atom is 0.167 e. The van der Waals surface area contributed by atoms with E-state index in [-0.39, 0.29) is 5.75 Å². The van der Waals surface area contributed by atoms with Crippen LogP contribution in [0.2, 0.25) is 0 Å². The Hall–Kier alpha value is -1.75. The molecule has 0 spiro atoms. The maximum absolute atomic E-state index is 13.7. The Morgan fingerprint density at radius 2 is 2.25 bits per heavy atom. The van der Waals surface area contributed by atoms with Gasteiger partial charge in [0.05, 0.1) is 25.0 Å². The molecule has 1 fully saturated rings. The number of rotatable bonds is 5. The van der Waals surface area contributed by atoms with Gasteiger partial charge in [-0.1, -0.05) is 6.07 Å². The molecule has 1 aromatic carbocycles. The quantitative estimate of drug-likeness (QED) is 0.855. The van der Waals surface area contributed by atoms with Crippen LogP contribution in [-0.2, 0) is 6.54 Å². The van der Waals surface area contributed by atoms with Crippen molar-refractivity contribution in [2.45, 2.75) is 25.4 Å². The Bertz CT molecular complexity index is 596. The number of nitrogens with zero attached hydrogens (tertiary/aromatic N) is 1. The fraction of sp³-hybridized carbons (Fsp3) is 0.333. The van der Waals surface area contributed by atoms with Gasteiger partial charge in [0.15, 0.2) is 11.6 Å². The van der Waals surface area contributed by atoms with Gasteiger partial charge in [-0.2, -0.15) is 0 Å². The van der Waals surface area contributed by atoms with Crippen LogP contribution in [0.15, 0.2) is 29.6 Å². The van der Waals surface area contributed by atoms with Gasteiger partial charge in [0.2, 0.25) is 0 Å². The highest BCUT2D eigenvalue weighted by Crippen LogP contribution is 2.39. The van der Waals surface area contributed by atoms with Gasteiger partial charge < -0.3 is 15.4 Å². The zero-order chi connectivity index (χ0) is 14.1. The lowest BCUT2D eigenvalue weighted by atomic mass is 10.2. The van der Waals surface area contributed by atoms with Crippen LogP contribution in [0.5, 0.6) is 5.75 Å². The predicted octanol–water partition coefficient (Wildman–Crippen LogP) is 3.65. The molecular formula is C15H17FN2OS. The first-order valence-corrected chi connectivity index (χ1v) is 7.49. The molecule has 3 rings (SSSR count). The summed E-state index contributed by atoms with van der Waals surface area (Å²) < 4.78 is 18.7. The van der Waals surface area contributed by atoms with E-state index in [4.69, 9.17) is 10.5 Å². The standard InChI is InChI=1S/C15H17FN2OS/c1-19-15-8-14(13(17)7-12(15)16)18(10-4-5-10)9-11-3-2-6-20-11/h2-3,6-8,10H,4-5,9,17H2,1H3. The lowest BCUT2D eigenvalue weighted by molar-refractivity contribution is 0.386. The number of anilines is 2. The van der Waals surface area contributed by atoms with Crippen molar-refractivity contribution in [3.05, 3.63) is 40.3 Å². The second kappa shape index (κ2) is 5.32. The lowest BCUT2D eigenvalue weighted by Gasteiger charge is -2.26. The summed E-state index contributed by atoms with van der Waals surface area (Å²) in [7, 11) is 1.47. The molecule has 0 radical (unpaired) electrons. The minimum absolute atomic E-state index is 0.242. The van der Waals surface area contributed by atoms with Crippen LogP contribution < -0.4 is 15.4 Å². The molecule has 1 heterocycles. The molecule has 0 unspecified atom stereocenters. The van der Waals surface area contributed by atoms with Gasteiger partial charge in [0.25, 0.3) is 0 Å². The number of nitrogen functional groups attached to an aromatic ring is 1. The Balaban J connectivity index is 1.94. The summed E-state index contributed by atoms with van der Waals surface area (Å²) in [6.07, 6.45) is 2.31. The Labute approximate surface area is 121 Å². The van der Waals surface area contributed by atoms with Crippen molar-refractivity contribution in [2.75, 3.05) is 17.7 Å². The molecule has 0 aliphatic heterocycles. The molecule has 1 aromatic heterocycles. The van der Waals surface area contributed by atoms with Crippen LogP contribution >= 0.6 is 11.3 Å². The Morgan fingerprint density at radius 1 is 1.45 bits per heavy atom. The van der Waals surface area contributed by atoms with E-state index < -0.39 is 5.82 Å². The molecular weight excluding hydrogens is 275 g/mol. The van der Waals surface area contributed by atoms with Crippen molar-refractivity contribution in [3.8, 4) is 5.75 Å². The molecule has 1 aliphatic rings. The first-order valence-electron chi connectivity index (χ1n) is 6.61. The average molecular weight is 292 g/mol. The van der Waals surface area contributed by atoms with Gasteiger partial charge in [-0.05, 0) is 24.3 Å². The van der Waals surface area contributed by atoms with Crippen molar-refractivity contribution < 1.29 is 9.13 Å². The summed E-state index contributed by atoms with van der Waals surface area (Å²) in [5.74, 6) is -0.174. The summed E-state index contributed by atoms with van der Waals surface area (Å²) in [6, 6.07) is 7.69. The van der Waals surface area contributed by atoms with Crippen LogP contribution in [0, 0.1) is 5.82 Å². The molecule has 2 aromatic rings. The van der Waals surface area contributed by atoms with Crippen LogP contribution in [0.1, 0.15) is 17.7 Å². The molecule has 0 atom stereocenters. The number of nitrogens with two attached hydrogens (primary N) is 1. The van der Waals surface area contributed by atoms with E-state index in [9.17, 15) is 4.39 Å². The van der Waals surface area contributed by atoms with Gasteiger partial charge >= 0.3 is 0 Å². The summed E-state index contributed by atoms with van der Waals surface area (Å²) in [5.41, 5.74) is 7.33. The molecule has 3 nitrogen and oxygen atoms in total. The number of benzene rings is 1. The van der Waals surface area contributed by atoms with Crippen molar-refractivity contribution in [1.29, 1.82) is 0 Å². The molecule has 0 saturated heterocycles. The van der Waals surface area contributed by atoms with E-state index in [2.05, 4.69) is 16.3 Å². The van der Waals surface area contributed by atoms with Crippen LogP contribution in [0.4, 0.5) is 15.8 Å². The number of methoxy groups -OCH3 is 1. The van der Waals surface area contributed by atoms with E-state index >= 15 is 0 Å². The predicted molar refractivity (Wildman–Crippen MR) is 80.9 cm³/mol. The minimum atomic E-state index is -0.416. The van der Waals surface area contributed by atoms with E-state index in [1.54, 1.807) is 17.4 Å². The van der Waals surface area contributed by atoms with Crippen molar-refractivity contribution in [1.82, 2.24) is 0 Å². The summed E-state index contributed by atoms with van der Waals surface area (Å²) >= 11 is 1.72. The minimum Gasteiger partial charge on any atom is -0.494 e. The topological polar surface area (TPSA) is 38.5 Å². The number of hydrogen-bond donors (Lipinski definition) is 1. The third kappa shape index (κ3) is 2.58. The monoisotopic (exact) mass is 292 g/mol. The molecule has 106 valence electrons. The van der Waals surface area contributed by atoms with Crippen molar-refractivity contribution in [3.63, 3.8) is 0 Å². The summed E-state index contributed by atoms with van der Waals surface area (Å²) in [4.78, 5) is 3.53. The van der Waals surface area contributed by atoms with Crippen LogP contribution in [0.3, 0.4) is 0 Å². The van der Waals surface area contributed by atoms with Gasteiger partial charge in [-0.25, -0.2) is 4.39 Å². The highest BCUT2D eigenvalue weighted by molar-refractivity contribution is 7.09. The van der Waals surface area contributed by atoms with Crippen LogP contribution in [0.25, 0.3) is 0 Å². The third-order valence-corrected chi connectivity index (χ3v) is 4.37. The van der Waals surface area contributed by atoms with E-state index in [0.717, 1.165) is 25.1 Å². The highest BCUT2D eigenvalue weighted by Gasteiger charge is 2.31. The summed E-state index contributed by atoms with van der Waals surface area (Å²) in [6.45, 7) is 0.807. The SMILES string of the molecule is COc1cc(N(Cc2cccs2)C2CC2)c(N)cc1F. The second-order valence-corrected chi connectivity index (χ2v) is 6.02. The lowest BCUT2D eigenvalue weighted by Crippen LogP contribution is -2.25. The molecule has 2 N–H and O–H groups in total. The average Bonchev–Trinajstić information content (AvgIpc) is 3.14. The van der Waals surface area contributed by atoms with Crippen LogP contribution in [-0.4, -0.2) is 13.2 Å². The first-order chi connectivity index (χ1) is 9.69. The van der Waals surface area contributed by atoms with Gasteiger partial charge in [-0.15, -0.1) is 11.3 Å². The Kier molecular flexibility index (Phi) is 3.53. The zero-order valence-electron chi connectivity index (χ0n) is 11.3. The van der Waals surface area contributed by atoms with Crippen molar-refractivity contribution in [2.24, 2.45) is 0 Å². The maximum atomic E-state index is 13.7. The fourth-order valence-electron chi connectivity index (χ4n) is 2.33. The Morgan fingerprint density at radius 3 is 2.85 bits per heavy atom. The highest BCUT2D eigenvalue weighted by atomic mass is 32.1. The van der Waals surface area contributed by atoms with Gasteiger partial charge in [0.1, 0.15) is 0 Å². The number of hydrogen-bond acceptors (Lipinski definition) is 4. The normalized spacial score (nSPS) is 14.3. The molecule has 5 heteroatoms. The van der Waals surface area contributed by atoms with E-state index in [0.29, 0.717) is 11.7 Å². The first kappa shape index (κ1) is 13.2. The molecule has 1 aliphatic carbocycles. The van der Waals surface area contributed by atoms with Gasteiger partial charge in [0, 0.05) is 23.1 Å². The third-order valence-electron chi connectivity index (χ3n) is 3.50. The fourth-order valence-corrected chi connectivity index (χ4v) is 3.03. The van der Waals surface area contributed by atoms with Crippen molar-refractivity contribution >= 4 is 22.7 Å². The largest absolute Gasteiger partial charge is 0.494 e. The van der Waals surface area contributed by atoms with E-state index in [1.165, 1.54) is 18.1 Å². The molecule has 20 heavy (non-hydrogen) atoms. The van der Waals surface area contributed by atoms with E-state index in [1.807, 2.05) is 6.07 Å². The number of halogens is 1. The zero-order valence-corrected chi connectivity index (χ0v) is 12.1. The van der Waals surface area contributed by atoms with Gasteiger partial charge in [-0.3, -0.25) is 0 Å². The molecule has 1 saturated carbocycles. The second-order valence-electron chi connectivity index (χ2n) is 4.98. The molecule has 0 amide bonds. The molecule has 0 bridgehead atoms. The smallest absolute Gasteiger partial charge is 0.167 e. The number of thiophene rings is 1. The number of ether oxygens (including phenoxy) is 1. The summed E-state index contributed by atoms with van der Waals surface area (Å²) in [5, 5.41) is 2.06.